The summed E-state index contributed by atoms with van der Waals surface area (Å²) >= 11 is 2.17. The average molecular weight is 346 g/mol. The normalized spacial score (nSPS) is 10.5. The number of hydrogen-bond acceptors (Lipinski definition) is 3. The molecule has 1 aromatic rings. The third kappa shape index (κ3) is 4.10. The second-order valence-corrected chi connectivity index (χ2v) is 5.16. The maximum atomic E-state index is 9.58. The van der Waals surface area contributed by atoms with Gasteiger partial charge in [-0.15, -0.1) is 0 Å². The predicted molar refractivity (Wildman–Crippen MR) is 75.4 cm³/mol. The summed E-state index contributed by atoms with van der Waals surface area (Å²) in [6.07, 6.45) is 0. The summed E-state index contributed by atoms with van der Waals surface area (Å²) < 4.78 is 11.4. The monoisotopic (exact) mass is 346 g/mol. The van der Waals surface area contributed by atoms with Gasteiger partial charge in [0.2, 0.25) is 0 Å². The summed E-state index contributed by atoms with van der Waals surface area (Å²) in [6.45, 7) is 3.27. The highest BCUT2D eigenvalue weighted by Crippen LogP contribution is 2.29. The third-order valence-electron chi connectivity index (χ3n) is 1.98. The molecule has 0 spiro atoms. The minimum atomic E-state index is -1.03. The van der Waals surface area contributed by atoms with Crippen LogP contribution in [0.4, 0.5) is 0 Å². The zero-order valence-corrected chi connectivity index (χ0v) is 12.5. The van der Waals surface area contributed by atoms with Crippen LogP contribution in [-0.2, 0) is 0 Å². The van der Waals surface area contributed by atoms with E-state index in [1.165, 1.54) is 0 Å². The first-order chi connectivity index (χ1) is 7.87. The molecule has 1 N–H and O–H groups in total. The van der Waals surface area contributed by atoms with Gasteiger partial charge in [-0.3, -0.25) is 0 Å². The van der Waals surface area contributed by atoms with E-state index in [1.54, 1.807) is 34.1 Å². The summed E-state index contributed by atoms with van der Waals surface area (Å²) in [4.78, 5) is 0. The number of ether oxygens (including phenoxy) is 2. The first-order valence-corrected chi connectivity index (χ1v) is 6.12. The Morgan fingerprint density at radius 1 is 1.18 bits per heavy atom. The summed E-state index contributed by atoms with van der Waals surface area (Å²) in [5.41, 5.74) is -0.326. The maximum absolute atomic E-state index is 9.58. The quantitative estimate of drug-likeness (QED) is 0.660. The molecule has 0 unspecified atom stereocenters. The van der Waals surface area contributed by atoms with Gasteiger partial charge in [-0.25, -0.2) is 0 Å². The van der Waals surface area contributed by atoms with Crippen LogP contribution < -0.4 is 9.47 Å². The van der Waals surface area contributed by atoms with Gasteiger partial charge in [-0.2, -0.15) is 0 Å². The van der Waals surface area contributed by atoms with Crippen LogP contribution in [0, 0.1) is 15.4 Å². The highest BCUT2D eigenvalue weighted by molar-refractivity contribution is 14.1. The third-order valence-corrected chi connectivity index (χ3v) is 2.82. The summed E-state index contributed by atoms with van der Waals surface area (Å²) in [7, 11) is 3.20. The smallest absolute Gasteiger partial charge is 0.135 e. The molecule has 0 heterocycles. The number of halogens is 1. The van der Waals surface area contributed by atoms with Crippen molar-refractivity contribution >= 4 is 22.6 Å². The second-order valence-electron chi connectivity index (χ2n) is 4.00. The fraction of sp³-hybridized carbons (Fsp3) is 0.385. The van der Waals surface area contributed by atoms with Gasteiger partial charge in [0.1, 0.15) is 17.1 Å². The first-order valence-electron chi connectivity index (χ1n) is 5.04. The highest BCUT2D eigenvalue weighted by atomic mass is 127. The fourth-order valence-corrected chi connectivity index (χ4v) is 1.84. The maximum Gasteiger partial charge on any atom is 0.135 e. The van der Waals surface area contributed by atoms with Crippen LogP contribution in [0.1, 0.15) is 19.4 Å². The largest absolute Gasteiger partial charge is 0.496 e. The van der Waals surface area contributed by atoms with Crippen LogP contribution in [0.5, 0.6) is 11.5 Å². The van der Waals surface area contributed by atoms with E-state index in [0.29, 0.717) is 11.3 Å². The fourth-order valence-electron chi connectivity index (χ4n) is 1.18. The molecule has 0 bridgehead atoms. The molecular weight excluding hydrogens is 331 g/mol. The van der Waals surface area contributed by atoms with Crippen LogP contribution in [0.25, 0.3) is 0 Å². The van der Waals surface area contributed by atoms with Gasteiger partial charge in [0.05, 0.1) is 23.4 Å². The van der Waals surface area contributed by atoms with E-state index in [-0.39, 0.29) is 0 Å². The molecule has 0 aromatic heterocycles. The lowest BCUT2D eigenvalue weighted by Gasteiger charge is -2.10. The van der Waals surface area contributed by atoms with E-state index in [9.17, 15) is 5.11 Å². The van der Waals surface area contributed by atoms with Crippen molar-refractivity contribution < 1.29 is 14.6 Å². The van der Waals surface area contributed by atoms with Gasteiger partial charge in [0.25, 0.3) is 0 Å². The number of aliphatic hydroxyl groups is 1. The molecule has 4 heteroatoms. The van der Waals surface area contributed by atoms with E-state index in [0.717, 1.165) is 9.32 Å². The van der Waals surface area contributed by atoms with Crippen molar-refractivity contribution in [2.24, 2.45) is 0 Å². The van der Waals surface area contributed by atoms with Crippen molar-refractivity contribution in [2.45, 2.75) is 19.4 Å². The van der Waals surface area contributed by atoms with Crippen LogP contribution in [0.3, 0.4) is 0 Å². The molecule has 0 amide bonds. The Bertz CT molecular complexity index is 464. The van der Waals surface area contributed by atoms with Crippen LogP contribution in [0.15, 0.2) is 12.1 Å². The number of hydrogen-bond donors (Lipinski definition) is 1. The molecule has 0 fully saturated rings. The Balaban J connectivity index is 3.25. The molecule has 1 rings (SSSR count). The average Bonchev–Trinajstić information content (AvgIpc) is 2.25. The van der Waals surface area contributed by atoms with Crippen molar-refractivity contribution in [1.29, 1.82) is 0 Å². The Kier molecular flexibility index (Phi) is 4.66. The Morgan fingerprint density at radius 2 is 1.76 bits per heavy atom. The predicted octanol–water partition coefficient (Wildman–Crippen LogP) is 2.43. The number of benzene rings is 1. The number of methoxy groups -OCH3 is 2. The molecule has 0 saturated heterocycles. The summed E-state index contributed by atoms with van der Waals surface area (Å²) in [6, 6.07) is 3.66. The van der Waals surface area contributed by atoms with E-state index >= 15 is 0 Å². The van der Waals surface area contributed by atoms with Gasteiger partial charge in [0.15, 0.2) is 0 Å². The zero-order chi connectivity index (χ0) is 13.1. The SMILES string of the molecule is COc1cc(C#CC(C)(C)O)c(OC)cc1I. The van der Waals surface area contributed by atoms with E-state index in [4.69, 9.17) is 9.47 Å². The minimum Gasteiger partial charge on any atom is -0.496 e. The Hall–Kier alpha value is -0.930. The Labute approximate surface area is 115 Å². The molecule has 0 aliphatic heterocycles. The van der Waals surface area contributed by atoms with Gasteiger partial charge in [-0.1, -0.05) is 11.8 Å². The topological polar surface area (TPSA) is 38.7 Å². The van der Waals surface area contributed by atoms with Crippen molar-refractivity contribution in [2.75, 3.05) is 14.2 Å². The molecule has 0 aliphatic rings. The van der Waals surface area contributed by atoms with Crippen LogP contribution in [0.2, 0.25) is 0 Å². The van der Waals surface area contributed by atoms with Gasteiger partial charge >= 0.3 is 0 Å². The molecular formula is C13H15IO3. The van der Waals surface area contributed by atoms with E-state index < -0.39 is 5.60 Å². The summed E-state index contributed by atoms with van der Waals surface area (Å²) in [5.74, 6) is 7.06. The Morgan fingerprint density at radius 3 is 2.24 bits per heavy atom. The van der Waals surface area contributed by atoms with Crippen molar-refractivity contribution in [3.63, 3.8) is 0 Å². The highest BCUT2D eigenvalue weighted by Gasteiger charge is 2.10. The van der Waals surface area contributed by atoms with Crippen molar-refractivity contribution in [3.8, 4) is 23.3 Å². The van der Waals surface area contributed by atoms with Gasteiger partial charge in [-0.05, 0) is 42.5 Å². The zero-order valence-electron chi connectivity index (χ0n) is 10.3. The lowest BCUT2D eigenvalue weighted by molar-refractivity contribution is 0.143. The van der Waals surface area contributed by atoms with Crippen LogP contribution in [-0.4, -0.2) is 24.9 Å². The van der Waals surface area contributed by atoms with Crippen LogP contribution >= 0.6 is 22.6 Å². The van der Waals surface area contributed by atoms with E-state index in [1.807, 2.05) is 6.07 Å². The molecule has 0 atom stereocenters. The molecule has 1 aromatic carbocycles. The second kappa shape index (κ2) is 5.61. The summed E-state index contributed by atoms with van der Waals surface area (Å²) in [5, 5.41) is 9.58. The van der Waals surface area contributed by atoms with Crippen molar-refractivity contribution in [1.82, 2.24) is 0 Å². The molecule has 92 valence electrons. The molecule has 0 radical (unpaired) electrons. The molecule has 3 nitrogen and oxygen atoms in total. The first kappa shape index (κ1) is 14.1. The molecule has 0 saturated carbocycles. The minimum absolute atomic E-state index is 0.673. The lowest BCUT2D eigenvalue weighted by Crippen LogP contribution is -2.14. The van der Waals surface area contributed by atoms with Gasteiger partial charge < -0.3 is 14.6 Å². The standard InChI is InChI=1S/C13H15IO3/c1-13(2,15)6-5-9-7-12(17-4)10(14)8-11(9)16-3/h7-8,15H,1-4H3. The van der Waals surface area contributed by atoms with E-state index in [2.05, 4.69) is 34.4 Å². The lowest BCUT2D eigenvalue weighted by atomic mass is 10.1. The van der Waals surface area contributed by atoms with Crippen molar-refractivity contribution in [3.05, 3.63) is 21.3 Å². The number of rotatable bonds is 2. The van der Waals surface area contributed by atoms with Gasteiger partial charge in [0, 0.05) is 6.07 Å². The molecule has 0 aliphatic carbocycles. The molecule has 17 heavy (non-hydrogen) atoms.